The Labute approximate surface area is 242 Å². The van der Waals surface area contributed by atoms with E-state index >= 15 is 0 Å². The minimum Gasteiger partial charge on any atom is -0.480 e. The molecule has 1 unspecified atom stereocenters. The predicted molar refractivity (Wildman–Crippen MR) is 150 cm³/mol. The highest BCUT2D eigenvalue weighted by molar-refractivity contribution is 6.18. The number of hydrogen-bond donors (Lipinski definition) is 4. The van der Waals surface area contributed by atoms with Crippen LogP contribution in [0.5, 0.6) is 11.5 Å². The van der Waals surface area contributed by atoms with Crippen molar-refractivity contribution in [2.45, 2.75) is 44.9 Å². The zero-order valence-corrected chi connectivity index (χ0v) is 23.7. The second-order valence-corrected chi connectivity index (χ2v) is 9.66. The Bertz CT molecular complexity index is 1170. The second-order valence-electron chi connectivity index (χ2n) is 8.91. The molecule has 2 rings (SSSR count). The minimum absolute atomic E-state index is 0.161. The van der Waals surface area contributed by atoms with E-state index in [9.17, 15) is 24.3 Å². The number of nitrogens with zero attached hydrogens (tertiary/aromatic N) is 1. The van der Waals surface area contributed by atoms with Gasteiger partial charge in [-0.3, -0.25) is 14.4 Å². The van der Waals surface area contributed by atoms with Gasteiger partial charge in [-0.25, -0.2) is 4.79 Å². The molecule has 0 aromatic heterocycles. The number of alkyl halides is 2. The van der Waals surface area contributed by atoms with Crippen LogP contribution >= 0.6 is 23.2 Å². The van der Waals surface area contributed by atoms with E-state index in [-0.39, 0.29) is 12.0 Å². The Hall–Kier alpha value is -3.38. The van der Waals surface area contributed by atoms with Gasteiger partial charge in [-0.15, -0.1) is 23.2 Å². The van der Waals surface area contributed by atoms with Crippen molar-refractivity contribution in [1.82, 2.24) is 5.32 Å². The summed E-state index contributed by atoms with van der Waals surface area (Å²) in [6.45, 7) is 4.51. The molecule has 3 atom stereocenters. The van der Waals surface area contributed by atoms with Crippen molar-refractivity contribution < 1.29 is 38.9 Å². The molecule has 1 amide bonds. The number of nitrogens with one attached hydrogen (secondary N) is 1. The van der Waals surface area contributed by atoms with Gasteiger partial charge in [0.2, 0.25) is 0 Å². The van der Waals surface area contributed by atoms with E-state index in [1.165, 1.54) is 19.1 Å². The quantitative estimate of drug-likeness (QED) is 0.136. The Morgan fingerprint density at radius 1 is 1.02 bits per heavy atom. The SMILES string of the molecule is Cc1cc(Oc2ccc(C(=O)N[C@H](C(=O)OC(=O)CC[C@H](N)C(=O)O)C(C)O)cc2)ccc1N(CCCl)CCCl. The lowest BCUT2D eigenvalue weighted by atomic mass is 10.1. The number of aliphatic hydroxyl groups is 1. The number of rotatable bonds is 15. The largest absolute Gasteiger partial charge is 0.480 e. The number of hydrogen-bond acceptors (Lipinski definition) is 9. The minimum atomic E-state index is -1.54. The number of carbonyl (C=O) groups excluding carboxylic acids is 3. The van der Waals surface area contributed by atoms with Gasteiger partial charge in [0.25, 0.3) is 5.91 Å². The topological polar surface area (TPSA) is 168 Å². The number of nitrogens with two attached hydrogens (primary N) is 1. The van der Waals surface area contributed by atoms with Crippen LogP contribution in [0.2, 0.25) is 0 Å². The standard InChI is InChI=1S/C27H33Cl2N3O8/c1-16-15-20(7-9-22(16)32(13-11-28)14-12-29)39-19-5-3-18(4-6-19)25(35)31-24(17(2)33)27(38)40-23(34)10-8-21(30)26(36)37/h3-7,9,15,17,21,24,33H,8,10-14,30H2,1-2H3,(H,31,35)(H,36,37)/t17?,21-,24-/m0/s1. The smallest absolute Gasteiger partial charge is 0.339 e. The van der Waals surface area contributed by atoms with Gasteiger partial charge in [0, 0.05) is 42.5 Å². The second kappa shape index (κ2) is 16.0. The number of aliphatic hydroxyl groups excluding tert-OH is 1. The first-order valence-electron chi connectivity index (χ1n) is 12.4. The van der Waals surface area contributed by atoms with E-state index in [0.29, 0.717) is 36.3 Å². The lowest BCUT2D eigenvalue weighted by Gasteiger charge is -2.25. The molecule has 0 radical (unpaired) electrons. The van der Waals surface area contributed by atoms with Crippen LogP contribution in [-0.2, 0) is 19.1 Å². The van der Waals surface area contributed by atoms with E-state index < -0.39 is 48.4 Å². The van der Waals surface area contributed by atoms with Crippen molar-refractivity contribution in [3.8, 4) is 11.5 Å². The van der Waals surface area contributed by atoms with E-state index in [2.05, 4.69) is 15.0 Å². The van der Waals surface area contributed by atoms with Gasteiger partial charge in [-0.05, 0) is 68.3 Å². The summed E-state index contributed by atoms with van der Waals surface area (Å²) < 4.78 is 10.6. The average Bonchev–Trinajstić information content (AvgIpc) is 2.90. The van der Waals surface area contributed by atoms with E-state index in [1.54, 1.807) is 12.1 Å². The molecule has 2 aromatic carbocycles. The molecule has 13 heteroatoms. The number of aliphatic carboxylic acids is 1. The first-order chi connectivity index (χ1) is 19.0. The molecule has 0 aliphatic heterocycles. The molecule has 0 saturated heterocycles. The molecule has 0 heterocycles. The molecule has 0 aliphatic rings. The molecule has 11 nitrogen and oxygen atoms in total. The first kappa shape index (κ1) is 32.8. The third-order valence-corrected chi connectivity index (χ3v) is 6.12. The van der Waals surface area contributed by atoms with Crippen LogP contribution in [0, 0.1) is 6.92 Å². The van der Waals surface area contributed by atoms with Gasteiger partial charge in [-0.2, -0.15) is 0 Å². The van der Waals surface area contributed by atoms with Gasteiger partial charge in [0.05, 0.1) is 6.10 Å². The summed E-state index contributed by atoms with van der Waals surface area (Å²) in [4.78, 5) is 49.8. The average molecular weight is 598 g/mol. The van der Waals surface area contributed by atoms with Crippen molar-refractivity contribution in [3.05, 3.63) is 53.6 Å². The molecule has 5 N–H and O–H groups in total. The molecule has 0 bridgehead atoms. The van der Waals surface area contributed by atoms with Gasteiger partial charge in [0.15, 0.2) is 6.04 Å². The van der Waals surface area contributed by atoms with Crippen molar-refractivity contribution in [2.75, 3.05) is 29.7 Å². The summed E-state index contributed by atoms with van der Waals surface area (Å²) >= 11 is 11.8. The fraction of sp³-hybridized carbons (Fsp3) is 0.407. The van der Waals surface area contributed by atoms with E-state index in [0.717, 1.165) is 11.3 Å². The lowest BCUT2D eigenvalue weighted by Crippen LogP contribution is -2.49. The third-order valence-electron chi connectivity index (χ3n) is 5.78. The van der Waals surface area contributed by atoms with Gasteiger partial charge >= 0.3 is 17.9 Å². The van der Waals surface area contributed by atoms with Crippen molar-refractivity contribution in [3.63, 3.8) is 0 Å². The fourth-order valence-corrected chi connectivity index (χ4v) is 4.05. The number of carboxylic acid groups (broad SMARTS) is 1. The molecule has 2 aromatic rings. The fourth-order valence-electron chi connectivity index (χ4n) is 3.64. The zero-order valence-electron chi connectivity index (χ0n) is 22.1. The number of esters is 2. The molecule has 0 saturated carbocycles. The highest BCUT2D eigenvalue weighted by Gasteiger charge is 2.29. The molecular formula is C27H33Cl2N3O8. The van der Waals surface area contributed by atoms with Crippen molar-refractivity contribution >= 4 is 52.7 Å². The monoisotopic (exact) mass is 597 g/mol. The maximum Gasteiger partial charge on any atom is 0.339 e. The summed E-state index contributed by atoms with van der Waals surface area (Å²) in [6.07, 6.45) is -2.06. The summed E-state index contributed by atoms with van der Waals surface area (Å²) in [5.74, 6) is -2.24. The van der Waals surface area contributed by atoms with Crippen LogP contribution in [0.1, 0.15) is 35.7 Å². The zero-order chi connectivity index (χ0) is 29.8. The summed E-state index contributed by atoms with van der Waals surface area (Å²) in [6, 6.07) is 8.85. The van der Waals surface area contributed by atoms with Gasteiger partial charge < -0.3 is 35.6 Å². The molecule has 0 aliphatic carbocycles. The highest BCUT2D eigenvalue weighted by Crippen LogP contribution is 2.28. The number of amides is 1. The van der Waals surface area contributed by atoms with Crippen LogP contribution < -0.4 is 20.7 Å². The Morgan fingerprint density at radius 2 is 1.62 bits per heavy atom. The van der Waals surface area contributed by atoms with Gasteiger partial charge in [0.1, 0.15) is 17.5 Å². The number of benzene rings is 2. The maximum absolute atomic E-state index is 12.7. The Kier molecular flexibility index (Phi) is 13.1. The normalized spacial score (nSPS) is 13.1. The number of aryl methyl sites for hydroxylation is 1. The molecular weight excluding hydrogens is 565 g/mol. The van der Waals surface area contributed by atoms with E-state index in [4.69, 9.17) is 38.8 Å². The summed E-state index contributed by atoms with van der Waals surface area (Å²) in [5, 5.41) is 21.1. The summed E-state index contributed by atoms with van der Waals surface area (Å²) in [7, 11) is 0. The summed E-state index contributed by atoms with van der Waals surface area (Å²) in [5.41, 5.74) is 7.46. The van der Waals surface area contributed by atoms with Crippen LogP contribution in [-0.4, -0.2) is 77.1 Å². The first-order valence-corrected chi connectivity index (χ1v) is 13.5. The van der Waals surface area contributed by atoms with Gasteiger partial charge in [-0.1, -0.05) is 0 Å². The maximum atomic E-state index is 12.7. The Balaban J connectivity index is 2.01. The molecule has 40 heavy (non-hydrogen) atoms. The molecule has 0 fully saturated rings. The predicted octanol–water partition coefficient (Wildman–Crippen LogP) is 2.81. The highest BCUT2D eigenvalue weighted by atomic mass is 35.5. The number of anilines is 1. The van der Waals surface area contributed by atoms with Crippen molar-refractivity contribution in [1.29, 1.82) is 0 Å². The van der Waals surface area contributed by atoms with Crippen LogP contribution in [0.3, 0.4) is 0 Å². The molecule has 218 valence electrons. The number of halogens is 2. The number of carbonyl (C=O) groups is 4. The molecule has 0 spiro atoms. The number of ether oxygens (including phenoxy) is 2. The van der Waals surface area contributed by atoms with E-state index in [1.807, 2.05) is 25.1 Å². The lowest BCUT2D eigenvalue weighted by molar-refractivity contribution is -0.162. The van der Waals surface area contributed by atoms with Crippen LogP contribution in [0.15, 0.2) is 42.5 Å². The third kappa shape index (κ3) is 9.98. The van der Waals surface area contributed by atoms with Crippen LogP contribution in [0.25, 0.3) is 0 Å². The number of carboxylic acids is 1. The Morgan fingerprint density at radius 3 is 2.15 bits per heavy atom. The van der Waals surface area contributed by atoms with Crippen molar-refractivity contribution in [2.24, 2.45) is 5.73 Å². The van der Waals surface area contributed by atoms with Crippen LogP contribution in [0.4, 0.5) is 5.69 Å².